The fourth-order valence-corrected chi connectivity index (χ4v) is 3.28. The zero-order valence-corrected chi connectivity index (χ0v) is 14.0. The summed E-state index contributed by atoms with van der Waals surface area (Å²) in [5.41, 5.74) is 5.12. The van der Waals surface area contributed by atoms with Crippen LogP contribution in [-0.2, 0) is 0 Å². The molecular formula is C18H21ClN2O. The molecule has 1 saturated carbocycles. The number of hydrogen-bond donors (Lipinski definition) is 1. The molecule has 1 aromatic heterocycles. The molecule has 22 heavy (non-hydrogen) atoms. The molecule has 2 aromatic rings. The topological polar surface area (TPSA) is 34.0 Å². The van der Waals surface area contributed by atoms with Gasteiger partial charge in [0.2, 0.25) is 0 Å². The molecule has 116 valence electrons. The van der Waals surface area contributed by atoms with Crippen molar-refractivity contribution in [2.24, 2.45) is 0 Å². The molecule has 0 radical (unpaired) electrons. The zero-order chi connectivity index (χ0) is 15.9. The number of aromatic nitrogens is 1. The average molecular weight is 317 g/mol. The molecule has 1 fully saturated rings. The molecule has 0 aliphatic heterocycles. The molecule has 0 amide bonds. The van der Waals surface area contributed by atoms with E-state index < -0.39 is 0 Å². The number of halogens is 1. The largest absolute Gasteiger partial charge is 0.377 e. The van der Waals surface area contributed by atoms with Crippen molar-refractivity contribution >= 4 is 23.1 Å². The van der Waals surface area contributed by atoms with Crippen molar-refractivity contribution in [1.82, 2.24) is 4.57 Å². The third-order valence-electron chi connectivity index (χ3n) is 4.32. The lowest BCUT2D eigenvalue weighted by molar-refractivity contribution is 0.101. The molecule has 3 nitrogen and oxygen atoms in total. The van der Waals surface area contributed by atoms with E-state index in [1.807, 2.05) is 38.1 Å². The van der Waals surface area contributed by atoms with E-state index in [-0.39, 0.29) is 5.78 Å². The van der Waals surface area contributed by atoms with Crippen LogP contribution in [0.15, 0.2) is 24.3 Å². The van der Waals surface area contributed by atoms with E-state index in [9.17, 15) is 4.79 Å². The molecule has 1 N–H and O–H groups in total. The first-order valence-corrected chi connectivity index (χ1v) is 8.07. The lowest BCUT2D eigenvalue weighted by Crippen LogP contribution is -2.15. The Labute approximate surface area is 136 Å². The zero-order valence-electron chi connectivity index (χ0n) is 13.2. The van der Waals surface area contributed by atoms with Crippen LogP contribution in [-0.4, -0.2) is 16.9 Å². The minimum Gasteiger partial charge on any atom is -0.377 e. The average Bonchev–Trinajstić information content (AvgIpc) is 3.24. The number of nitrogens with one attached hydrogen (secondary N) is 1. The highest BCUT2D eigenvalue weighted by Crippen LogP contribution is 2.38. The summed E-state index contributed by atoms with van der Waals surface area (Å²) < 4.78 is 2.31. The molecule has 0 saturated heterocycles. The van der Waals surface area contributed by atoms with Crippen LogP contribution < -0.4 is 5.32 Å². The van der Waals surface area contributed by atoms with Gasteiger partial charge in [0, 0.05) is 33.7 Å². The number of benzene rings is 1. The second-order valence-corrected chi connectivity index (χ2v) is 6.56. The first kappa shape index (κ1) is 15.2. The van der Waals surface area contributed by atoms with E-state index in [1.165, 1.54) is 18.5 Å². The highest BCUT2D eigenvalue weighted by molar-refractivity contribution is 6.30. The van der Waals surface area contributed by atoms with Gasteiger partial charge in [-0.1, -0.05) is 11.6 Å². The molecule has 0 atom stereocenters. The number of anilines is 1. The Bertz CT molecular complexity index is 729. The van der Waals surface area contributed by atoms with Gasteiger partial charge in [-0.3, -0.25) is 4.79 Å². The molecule has 3 rings (SSSR count). The van der Waals surface area contributed by atoms with Crippen molar-refractivity contribution in [2.75, 3.05) is 11.9 Å². The number of carbonyl (C=O) groups is 1. The Morgan fingerprint density at radius 3 is 2.64 bits per heavy atom. The van der Waals surface area contributed by atoms with E-state index in [2.05, 4.69) is 16.8 Å². The van der Waals surface area contributed by atoms with Crippen molar-refractivity contribution in [3.63, 3.8) is 0 Å². The number of hydrogen-bond acceptors (Lipinski definition) is 2. The lowest BCUT2D eigenvalue weighted by Gasteiger charge is -2.10. The van der Waals surface area contributed by atoms with Crippen LogP contribution in [0.1, 0.15) is 46.2 Å². The molecule has 0 bridgehead atoms. The van der Waals surface area contributed by atoms with Gasteiger partial charge in [0.1, 0.15) is 0 Å². The normalized spacial score (nSPS) is 14.2. The maximum Gasteiger partial charge on any atom is 0.183 e. The first-order chi connectivity index (χ1) is 10.5. The third-order valence-corrected chi connectivity index (χ3v) is 4.56. The Balaban J connectivity index is 1.73. The standard InChI is InChI=1S/C18H21ClN2O/c1-11-8-14(19)4-7-17(11)20-10-18(22)16-9-12(2)21(13(16)3)15-5-6-15/h4,7-9,15,20H,5-6,10H2,1-3H3. The van der Waals surface area contributed by atoms with E-state index in [1.54, 1.807) is 0 Å². The predicted octanol–water partition coefficient (Wildman–Crippen LogP) is 4.70. The number of ketones is 1. The van der Waals surface area contributed by atoms with Crippen molar-refractivity contribution in [3.8, 4) is 0 Å². The molecule has 1 heterocycles. The smallest absolute Gasteiger partial charge is 0.183 e. The monoisotopic (exact) mass is 316 g/mol. The first-order valence-electron chi connectivity index (χ1n) is 7.69. The summed E-state index contributed by atoms with van der Waals surface area (Å²) in [4.78, 5) is 12.5. The van der Waals surface area contributed by atoms with Gasteiger partial charge >= 0.3 is 0 Å². The highest BCUT2D eigenvalue weighted by Gasteiger charge is 2.28. The van der Waals surface area contributed by atoms with Crippen LogP contribution in [0, 0.1) is 20.8 Å². The van der Waals surface area contributed by atoms with Gasteiger partial charge in [-0.2, -0.15) is 0 Å². The van der Waals surface area contributed by atoms with Gasteiger partial charge in [-0.05, 0) is 63.4 Å². The van der Waals surface area contributed by atoms with Gasteiger partial charge in [-0.25, -0.2) is 0 Å². The van der Waals surface area contributed by atoms with Crippen molar-refractivity contribution < 1.29 is 4.79 Å². The summed E-state index contributed by atoms with van der Waals surface area (Å²) in [5, 5.41) is 3.93. The molecule has 0 spiro atoms. The van der Waals surface area contributed by atoms with E-state index >= 15 is 0 Å². The molecule has 0 unspecified atom stereocenters. The number of carbonyl (C=O) groups excluding carboxylic acids is 1. The number of aryl methyl sites for hydroxylation is 2. The van der Waals surface area contributed by atoms with Crippen LogP contribution in [0.3, 0.4) is 0 Å². The number of Topliss-reactive ketones (excluding diaryl/α,β-unsaturated/α-hetero) is 1. The van der Waals surface area contributed by atoms with E-state index in [0.29, 0.717) is 17.6 Å². The molecule has 1 aliphatic carbocycles. The molecule has 1 aliphatic rings. The fraction of sp³-hybridized carbons (Fsp3) is 0.389. The van der Waals surface area contributed by atoms with Gasteiger partial charge in [0.15, 0.2) is 5.78 Å². The quantitative estimate of drug-likeness (QED) is 0.811. The van der Waals surface area contributed by atoms with Crippen LogP contribution in [0.4, 0.5) is 5.69 Å². The summed E-state index contributed by atoms with van der Waals surface area (Å²) in [6.45, 7) is 6.42. The predicted molar refractivity (Wildman–Crippen MR) is 91.2 cm³/mol. The van der Waals surface area contributed by atoms with Gasteiger partial charge in [0.25, 0.3) is 0 Å². The van der Waals surface area contributed by atoms with Gasteiger partial charge in [0.05, 0.1) is 6.54 Å². The Hall–Kier alpha value is -1.74. The van der Waals surface area contributed by atoms with Gasteiger partial charge < -0.3 is 9.88 Å². The number of rotatable bonds is 5. The summed E-state index contributed by atoms with van der Waals surface area (Å²) in [7, 11) is 0. The SMILES string of the molecule is Cc1cc(Cl)ccc1NCC(=O)c1cc(C)n(C2CC2)c1C. The molecule has 4 heteroatoms. The number of nitrogens with zero attached hydrogens (tertiary/aromatic N) is 1. The fourth-order valence-electron chi connectivity index (χ4n) is 3.05. The second kappa shape index (κ2) is 5.81. The van der Waals surface area contributed by atoms with Crippen LogP contribution in [0.25, 0.3) is 0 Å². The maximum atomic E-state index is 12.5. The maximum absolute atomic E-state index is 12.5. The van der Waals surface area contributed by atoms with Gasteiger partial charge in [-0.15, -0.1) is 0 Å². The summed E-state index contributed by atoms with van der Waals surface area (Å²) in [6, 6.07) is 8.27. The van der Waals surface area contributed by atoms with Crippen LogP contribution in [0.2, 0.25) is 5.02 Å². The van der Waals surface area contributed by atoms with E-state index in [4.69, 9.17) is 11.6 Å². The van der Waals surface area contributed by atoms with Crippen molar-refractivity contribution in [3.05, 3.63) is 51.8 Å². The summed E-state index contributed by atoms with van der Waals surface area (Å²) in [6.07, 6.45) is 2.46. The Morgan fingerprint density at radius 1 is 1.27 bits per heavy atom. The highest BCUT2D eigenvalue weighted by atomic mass is 35.5. The second-order valence-electron chi connectivity index (χ2n) is 6.12. The van der Waals surface area contributed by atoms with Crippen LogP contribution in [0.5, 0.6) is 0 Å². The third kappa shape index (κ3) is 2.91. The Morgan fingerprint density at radius 2 is 2.00 bits per heavy atom. The van der Waals surface area contributed by atoms with Crippen LogP contribution >= 0.6 is 11.6 Å². The molecule has 1 aromatic carbocycles. The molecular weight excluding hydrogens is 296 g/mol. The minimum atomic E-state index is 0.134. The van der Waals surface area contributed by atoms with E-state index in [0.717, 1.165) is 22.5 Å². The lowest BCUT2D eigenvalue weighted by atomic mass is 10.1. The minimum absolute atomic E-state index is 0.134. The summed E-state index contributed by atoms with van der Waals surface area (Å²) in [5.74, 6) is 0.134. The van der Waals surface area contributed by atoms with Crippen molar-refractivity contribution in [1.29, 1.82) is 0 Å². The summed E-state index contributed by atoms with van der Waals surface area (Å²) >= 11 is 5.95. The Kier molecular flexibility index (Phi) is 4.00. The van der Waals surface area contributed by atoms with Crippen molar-refractivity contribution in [2.45, 2.75) is 39.7 Å².